The van der Waals surface area contributed by atoms with Crippen molar-refractivity contribution in [3.63, 3.8) is 0 Å². The van der Waals surface area contributed by atoms with Gasteiger partial charge in [0.2, 0.25) is 0 Å². The van der Waals surface area contributed by atoms with Gasteiger partial charge >= 0.3 is 6.09 Å². The highest BCUT2D eigenvalue weighted by Crippen LogP contribution is 2.37. The zero-order valence-corrected chi connectivity index (χ0v) is 18.2. The van der Waals surface area contributed by atoms with Gasteiger partial charge in [-0.1, -0.05) is 51.1 Å². The van der Waals surface area contributed by atoms with Gasteiger partial charge in [-0.05, 0) is 65.0 Å². The van der Waals surface area contributed by atoms with Crippen LogP contribution in [0.15, 0.2) is 42.5 Å². The molecule has 4 nitrogen and oxygen atoms in total. The Kier molecular flexibility index (Phi) is 6.49. The van der Waals surface area contributed by atoms with Crippen molar-refractivity contribution in [1.29, 1.82) is 0 Å². The molecule has 2 aromatic carbocycles. The summed E-state index contributed by atoms with van der Waals surface area (Å²) in [6, 6.07) is 14.5. The van der Waals surface area contributed by atoms with E-state index in [1.54, 1.807) is 0 Å². The fraction of sp³-hybridized carbons (Fsp3) is 0.409. The minimum Gasteiger partial charge on any atom is -0.465 e. The van der Waals surface area contributed by atoms with Crippen LogP contribution in [0.1, 0.15) is 37.5 Å². The topological polar surface area (TPSA) is 58.6 Å². The average Bonchev–Trinajstić information content (AvgIpc) is 2.58. The van der Waals surface area contributed by atoms with Crippen LogP contribution in [-0.4, -0.2) is 19.5 Å². The number of amides is 1. The summed E-state index contributed by atoms with van der Waals surface area (Å²) < 4.78 is 6.34. The molecule has 5 heteroatoms. The lowest BCUT2D eigenvalue weighted by Gasteiger charge is -2.36. The Balaban J connectivity index is 2.20. The van der Waals surface area contributed by atoms with Crippen molar-refractivity contribution < 1.29 is 14.3 Å². The Labute approximate surface area is 163 Å². The van der Waals surface area contributed by atoms with E-state index in [2.05, 4.69) is 75.6 Å². The van der Waals surface area contributed by atoms with Crippen LogP contribution in [0.5, 0.6) is 0 Å². The summed E-state index contributed by atoms with van der Waals surface area (Å²) in [6.45, 7) is 14.2. The zero-order valence-electron chi connectivity index (χ0n) is 17.2. The van der Waals surface area contributed by atoms with E-state index in [-0.39, 0.29) is 5.04 Å². The van der Waals surface area contributed by atoms with Crippen molar-refractivity contribution >= 4 is 14.4 Å². The number of hydrogen-bond acceptors (Lipinski definition) is 2. The summed E-state index contributed by atoms with van der Waals surface area (Å²) in [5.41, 5.74) is 5.41. The molecule has 0 atom stereocenters. The molecular weight excluding hydrogens is 354 g/mol. The van der Waals surface area contributed by atoms with Gasteiger partial charge in [0, 0.05) is 6.54 Å². The fourth-order valence-corrected chi connectivity index (χ4v) is 3.49. The van der Waals surface area contributed by atoms with Crippen LogP contribution >= 0.6 is 0 Å². The summed E-state index contributed by atoms with van der Waals surface area (Å²) in [5.74, 6) is 0. The molecule has 0 aromatic heterocycles. The lowest BCUT2D eigenvalue weighted by molar-refractivity contribution is 0.194. The van der Waals surface area contributed by atoms with Gasteiger partial charge in [0.25, 0.3) is 0 Å². The van der Waals surface area contributed by atoms with Crippen LogP contribution in [0.4, 0.5) is 4.79 Å². The molecule has 0 saturated heterocycles. The Morgan fingerprint density at radius 1 is 1.11 bits per heavy atom. The quantitative estimate of drug-likeness (QED) is 0.604. The summed E-state index contributed by atoms with van der Waals surface area (Å²) in [5, 5.41) is 11.5. The zero-order chi connectivity index (χ0) is 20.2. The third kappa shape index (κ3) is 5.68. The van der Waals surface area contributed by atoms with E-state index >= 15 is 0 Å². The summed E-state index contributed by atoms with van der Waals surface area (Å²) in [6.07, 6.45) is -1.01. The van der Waals surface area contributed by atoms with Crippen LogP contribution < -0.4 is 5.32 Å². The highest BCUT2D eigenvalue weighted by molar-refractivity contribution is 6.74. The molecule has 0 aliphatic rings. The number of rotatable bonds is 6. The number of nitrogens with one attached hydrogen (secondary N) is 1. The van der Waals surface area contributed by atoms with Gasteiger partial charge in [-0.15, -0.1) is 0 Å². The Morgan fingerprint density at radius 3 is 2.41 bits per heavy atom. The van der Waals surface area contributed by atoms with Crippen LogP contribution in [-0.2, 0) is 17.6 Å². The molecule has 2 N–H and O–H groups in total. The second-order valence-corrected chi connectivity index (χ2v) is 13.4. The van der Waals surface area contributed by atoms with E-state index in [4.69, 9.17) is 9.53 Å². The molecule has 0 aliphatic carbocycles. The Hall–Kier alpha value is -2.11. The number of aryl methyl sites for hydroxylation is 1. The van der Waals surface area contributed by atoms with Gasteiger partial charge in [-0.3, -0.25) is 0 Å². The number of carbonyl (C=O) groups is 1. The molecule has 27 heavy (non-hydrogen) atoms. The first-order valence-electron chi connectivity index (χ1n) is 9.29. The van der Waals surface area contributed by atoms with Crippen molar-refractivity contribution in [1.82, 2.24) is 5.32 Å². The van der Waals surface area contributed by atoms with Crippen molar-refractivity contribution in [3.8, 4) is 11.1 Å². The molecule has 146 valence electrons. The molecule has 0 spiro atoms. The highest BCUT2D eigenvalue weighted by atomic mass is 28.4. The molecular formula is C22H31NO3Si. The molecule has 0 unspecified atom stereocenters. The third-order valence-corrected chi connectivity index (χ3v) is 9.92. The monoisotopic (exact) mass is 385 g/mol. The largest absolute Gasteiger partial charge is 0.465 e. The normalized spacial score (nSPS) is 12.1. The minimum atomic E-state index is -1.79. The van der Waals surface area contributed by atoms with Crippen molar-refractivity contribution in [2.24, 2.45) is 0 Å². The first-order valence-corrected chi connectivity index (χ1v) is 12.2. The minimum absolute atomic E-state index is 0.188. The van der Waals surface area contributed by atoms with Crippen molar-refractivity contribution in [2.45, 2.75) is 59.0 Å². The van der Waals surface area contributed by atoms with Gasteiger partial charge in [-0.25, -0.2) is 4.79 Å². The maximum atomic E-state index is 10.8. The van der Waals surface area contributed by atoms with Crippen LogP contribution in [0.2, 0.25) is 18.1 Å². The third-order valence-electron chi connectivity index (χ3n) is 5.45. The molecule has 2 rings (SSSR count). The summed E-state index contributed by atoms with van der Waals surface area (Å²) >= 11 is 0. The van der Waals surface area contributed by atoms with Crippen LogP contribution in [0.25, 0.3) is 11.1 Å². The Morgan fingerprint density at radius 2 is 1.78 bits per heavy atom. The van der Waals surface area contributed by atoms with E-state index in [1.807, 2.05) is 13.0 Å². The van der Waals surface area contributed by atoms with Gasteiger partial charge in [0.05, 0.1) is 6.61 Å². The smallest absolute Gasteiger partial charge is 0.404 e. The number of benzene rings is 2. The van der Waals surface area contributed by atoms with E-state index in [1.165, 1.54) is 0 Å². The lowest BCUT2D eigenvalue weighted by atomic mass is 9.98. The summed E-state index contributed by atoms with van der Waals surface area (Å²) in [7, 11) is -1.79. The Bertz CT molecular complexity index is 809. The molecule has 0 bridgehead atoms. The maximum Gasteiger partial charge on any atom is 0.404 e. The molecule has 1 amide bonds. The second kappa shape index (κ2) is 8.27. The SMILES string of the molecule is Cc1ccc(-c2cccc(CO[Si](C)(C)C(C)(C)C)c2)cc1CNC(=O)O. The van der Waals surface area contributed by atoms with E-state index in [0.717, 1.165) is 27.8 Å². The average molecular weight is 386 g/mol. The second-order valence-electron chi connectivity index (χ2n) is 8.55. The van der Waals surface area contributed by atoms with E-state index in [9.17, 15) is 4.79 Å². The fourth-order valence-electron chi connectivity index (χ4n) is 2.53. The van der Waals surface area contributed by atoms with Crippen LogP contribution in [0, 0.1) is 6.92 Å². The van der Waals surface area contributed by atoms with Gasteiger partial charge in [0.15, 0.2) is 8.32 Å². The predicted octanol–water partition coefficient (Wildman–Crippen LogP) is 5.95. The van der Waals surface area contributed by atoms with Gasteiger partial charge < -0.3 is 14.8 Å². The predicted molar refractivity (Wildman–Crippen MR) is 113 cm³/mol. The number of hydrogen-bond donors (Lipinski definition) is 2. The van der Waals surface area contributed by atoms with Crippen molar-refractivity contribution in [2.75, 3.05) is 0 Å². The maximum absolute atomic E-state index is 10.8. The molecule has 0 heterocycles. The first kappa shape index (κ1) is 21.2. The molecule has 0 aliphatic heterocycles. The molecule has 0 radical (unpaired) electrons. The van der Waals surface area contributed by atoms with Crippen LogP contribution in [0.3, 0.4) is 0 Å². The highest BCUT2D eigenvalue weighted by Gasteiger charge is 2.36. The molecule has 0 saturated carbocycles. The summed E-state index contributed by atoms with van der Waals surface area (Å²) in [4.78, 5) is 10.8. The van der Waals surface area contributed by atoms with E-state index in [0.29, 0.717) is 13.2 Å². The van der Waals surface area contributed by atoms with Gasteiger partial charge in [-0.2, -0.15) is 0 Å². The lowest BCUT2D eigenvalue weighted by Crippen LogP contribution is -2.40. The first-order chi connectivity index (χ1) is 12.5. The standard InChI is InChI=1S/C22H31NO3Si/c1-16-10-11-19(13-20(16)14-23-21(24)25)18-9-7-8-17(12-18)15-26-27(5,6)22(2,3)4/h7-13,23H,14-15H2,1-6H3,(H,24,25). The van der Waals surface area contributed by atoms with Crippen molar-refractivity contribution in [3.05, 3.63) is 59.2 Å². The van der Waals surface area contributed by atoms with Gasteiger partial charge in [0.1, 0.15) is 0 Å². The number of carboxylic acid groups (broad SMARTS) is 1. The molecule has 2 aromatic rings. The molecule has 0 fully saturated rings. The van der Waals surface area contributed by atoms with E-state index < -0.39 is 14.4 Å².